The summed E-state index contributed by atoms with van der Waals surface area (Å²) in [4.78, 5) is 17.5. The molecular weight excluding hydrogens is 376 g/mol. The van der Waals surface area contributed by atoms with Gasteiger partial charge in [0.25, 0.3) is 0 Å². The van der Waals surface area contributed by atoms with Crippen molar-refractivity contribution >= 4 is 5.91 Å². The van der Waals surface area contributed by atoms with Crippen molar-refractivity contribution in [3.8, 4) is 5.75 Å². The maximum absolute atomic E-state index is 13.3. The fourth-order valence-electron chi connectivity index (χ4n) is 4.14. The van der Waals surface area contributed by atoms with Crippen LogP contribution in [-0.4, -0.2) is 35.9 Å². The highest BCUT2D eigenvalue weighted by molar-refractivity contribution is 5.78. The van der Waals surface area contributed by atoms with Gasteiger partial charge in [0, 0.05) is 12.6 Å². The number of hydrogen-bond acceptors (Lipinski definition) is 4. The fourth-order valence-corrected chi connectivity index (χ4v) is 4.14. The molecule has 2 heterocycles. The molecular formula is C25H28N2O3. The maximum Gasteiger partial charge on any atom is 0.237 e. The minimum Gasteiger partial charge on any atom is -0.497 e. The van der Waals surface area contributed by atoms with Gasteiger partial charge in [-0.2, -0.15) is 0 Å². The van der Waals surface area contributed by atoms with Gasteiger partial charge in [-0.25, -0.2) is 0 Å². The number of ether oxygens (including phenoxy) is 1. The minimum atomic E-state index is 0.116. The summed E-state index contributed by atoms with van der Waals surface area (Å²) in [6, 6.07) is 22.3. The first-order valence-corrected chi connectivity index (χ1v) is 10.4. The lowest BCUT2D eigenvalue weighted by Crippen LogP contribution is -2.39. The Morgan fingerprint density at radius 3 is 2.73 bits per heavy atom. The molecule has 1 aromatic heterocycles. The predicted molar refractivity (Wildman–Crippen MR) is 116 cm³/mol. The second kappa shape index (κ2) is 9.63. The van der Waals surface area contributed by atoms with E-state index in [1.807, 2.05) is 47.4 Å². The van der Waals surface area contributed by atoms with Crippen molar-refractivity contribution < 1.29 is 13.9 Å². The molecule has 1 unspecified atom stereocenters. The van der Waals surface area contributed by atoms with E-state index >= 15 is 0 Å². The average Bonchev–Trinajstić information content (AvgIpc) is 3.46. The van der Waals surface area contributed by atoms with Crippen LogP contribution in [0.1, 0.15) is 35.8 Å². The van der Waals surface area contributed by atoms with Gasteiger partial charge in [0.1, 0.15) is 11.5 Å². The van der Waals surface area contributed by atoms with Gasteiger partial charge in [-0.05, 0) is 54.8 Å². The third-order valence-electron chi connectivity index (χ3n) is 5.68. The van der Waals surface area contributed by atoms with E-state index in [0.29, 0.717) is 19.6 Å². The predicted octanol–water partition coefficient (Wildman–Crippen LogP) is 4.65. The molecule has 1 atom stereocenters. The molecule has 5 heteroatoms. The number of likely N-dealkylation sites (tertiary alicyclic amines) is 1. The van der Waals surface area contributed by atoms with Gasteiger partial charge in [-0.3, -0.25) is 9.69 Å². The van der Waals surface area contributed by atoms with Crippen LogP contribution in [0.5, 0.6) is 5.75 Å². The molecule has 1 aliphatic rings. The zero-order valence-electron chi connectivity index (χ0n) is 17.4. The van der Waals surface area contributed by atoms with Gasteiger partial charge >= 0.3 is 0 Å². The molecule has 0 radical (unpaired) electrons. The highest BCUT2D eigenvalue weighted by Gasteiger charge is 2.29. The lowest BCUT2D eigenvalue weighted by molar-refractivity contribution is -0.134. The van der Waals surface area contributed by atoms with Crippen molar-refractivity contribution in [1.29, 1.82) is 0 Å². The number of hydrogen-bond donors (Lipinski definition) is 0. The molecule has 30 heavy (non-hydrogen) atoms. The van der Waals surface area contributed by atoms with Crippen LogP contribution in [-0.2, 0) is 17.9 Å². The number of methoxy groups -OCH3 is 1. The molecule has 4 rings (SSSR count). The highest BCUT2D eigenvalue weighted by atomic mass is 16.5. The molecule has 1 amide bonds. The maximum atomic E-state index is 13.3. The summed E-state index contributed by atoms with van der Waals surface area (Å²) in [5.74, 6) is 1.77. The van der Waals surface area contributed by atoms with Crippen LogP contribution in [0, 0.1) is 0 Å². The monoisotopic (exact) mass is 404 g/mol. The average molecular weight is 405 g/mol. The quantitative estimate of drug-likeness (QED) is 0.548. The molecule has 1 aliphatic heterocycles. The number of carbonyl (C=O) groups is 1. The number of nitrogens with zero attached hydrogens (tertiary/aromatic N) is 2. The second-order valence-electron chi connectivity index (χ2n) is 7.72. The Bertz CT molecular complexity index is 940. The lowest BCUT2D eigenvalue weighted by atomic mass is 10.0. The number of furan rings is 1. The van der Waals surface area contributed by atoms with Gasteiger partial charge in [0.05, 0.1) is 26.5 Å². The summed E-state index contributed by atoms with van der Waals surface area (Å²) in [5.41, 5.74) is 2.32. The third-order valence-corrected chi connectivity index (χ3v) is 5.68. The van der Waals surface area contributed by atoms with Crippen molar-refractivity contribution in [1.82, 2.24) is 9.80 Å². The van der Waals surface area contributed by atoms with Crippen LogP contribution in [0.25, 0.3) is 0 Å². The molecule has 1 saturated heterocycles. The second-order valence-corrected chi connectivity index (χ2v) is 7.72. The van der Waals surface area contributed by atoms with E-state index in [9.17, 15) is 4.79 Å². The molecule has 3 aromatic rings. The van der Waals surface area contributed by atoms with E-state index in [-0.39, 0.29) is 11.9 Å². The molecule has 1 fully saturated rings. The van der Waals surface area contributed by atoms with Crippen molar-refractivity contribution in [3.05, 3.63) is 89.9 Å². The molecule has 2 aromatic carbocycles. The van der Waals surface area contributed by atoms with Crippen LogP contribution in [0.15, 0.2) is 77.4 Å². The molecule has 0 spiro atoms. The molecule has 0 bridgehead atoms. The van der Waals surface area contributed by atoms with Crippen LogP contribution < -0.4 is 4.74 Å². The summed E-state index contributed by atoms with van der Waals surface area (Å²) in [6.45, 7) is 2.36. The van der Waals surface area contributed by atoms with Crippen LogP contribution >= 0.6 is 0 Å². The van der Waals surface area contributed by atoms with E-state index < -0.39 is 0 Å². The normalized spacial score (nSPS) is 16.5. The third kappa shape index (κ3) is 4.92. The molecule has 0 aliphatic carbocycles. The first kappa shape index (κ1) is 20.2. The highest BCUT2D eigenvalue weighted by Crippen LogP contribution is 2.33. The van der Waals surface area contributed by atoms with Gasteiger partial charge < -0.3 is 14.1 Å². The number of rotatable bonds is 8. The SMILES string of the molecule is COc1cccc(C2CCCN2CC(=O)N(Cc2ccccc2)Cc2ccco2)c1. The molecule has 5 nitrogen and oxygen atoms in total. The summed E-state index contributed by atoms with van der Waals surface area (Å²) < 4.78 is 10.9. The van der Waals surface area contributed by atoms with Crippen molar-refractivity contribution in [2.24, 2.45) is 0 Å². The molecule has 156 valence electrons. The van der Waals surface area contributed by atoms with E-state index in [1.54, 1.807) is 13.4 Å². The summed E-state index contributed by atoms with van der Waals surface area (Å²) in [5, 5.41) is 0. The Morgan fingerprint density at radius 2 is 1.97 bits per heavy atom. The van der Waals surface area contributed by atoms with Gasteiger partial charge in [-0.1, -0.05) is 42.5 Å². The standard InChI is InChI=1S/C25H28N2O3/c1-29-22-11-5-10-21(16-22)24-13-6-14-26(24)19-25(28)27(18-23-12-7-15-30-23)17-20-8-3-2-4-9-20/h2-5,7-12,15-16,24H,6,13-14,17-19H2,1H3. The minimum absolute atomic E-state index is 0.116. The largest absolute Gasteiger partial charge is 0.497 e. The van der Waals surface area contributed by atoms with Crippen molar-refractivity contribution in [2.75, 3.05) is 20.2 Å². The summed E-state index contributed by atoms with van der Waals surface area (Å²) in [6.07, 6.45) is 3.79. The Labute approximate surface area is 177 Å². The molecule has 0 saturated carbocycles. The number of amides is 1. The zero-order valence-corrected chi connectivity index (χ0v) is 17.4. The van der Waals surface area contributed by atoms with E-state index in [1.165, 1.54) is 5.56 Å². The van der Waals surface area contributed by atoms with Crippen LogP contribution in [0.4, 0.5) is 0 Å². The van der Waals surface area contributed by atoms with Crippen LogP contribution in [0.3, 0.4) is 0 Å². The smallest absolute Gasteiger partial charge is 0.237 e. The topological polar surface area (TPSA) is 45.9 Å². The van der Waals surface area contributed by atoms with E-state index in [2.05, 4.69) is 29.2 Å². The first-order chi connectivity index (χ1) is 14.7. The van der Waals surface area contributed by atoms with Gasteiger partial charge in [0.2, 0.25) is 5.91 Å². The van der Waals surface area contributed by atoms with Crippen LogP contribution in [0.2, 0.25) is 0 Å². The zero-order chi connectivity index (χ0) is 20.8. The van der Waals surface area contributed by atoms with E-state index in [0.717, 1.165) is 36.5 Å². The Kier molecular flexibility index (Phi) is 6.50. The Morgan fingerprint density at radius 1 is 1.10 bits per heavy atom. The summed E-state index contributed by atoms with van der Waals surface area (Å²) in [7, 11) is 1.69. The fraction of sp³-hybridized carbons (Fsp3) is 0.320. The number of benzene rings is 2. The summed E-state index contributed by atoms with van der Waals surface area (Å²) >= 11 is 0. The van der Waals surface area contributed by atoms with Gasteiger partial charge in [0.15, 0.2) is 0 Å². The number of carbonyl (C=O) groups excluding carboxylic acids is 1. The van der Waals surface area contributed by atoms with Crippen molar-refractivity contribution in [3.63, 3.8) is 0 Å². The van der Waals surface area contributed by atoms with Crippen molar-refractivity contribution in [2.45, 2.75) is 32.0 Å². The lowest BCUT2D eigenvalue weighted by Gasteiger charge is -2.28. The van der Waals surface area contributed by atoms with E-state index in [4.69, 9.17) is 9.15 Å². The Balaban J connectivity index is 1.49. The molecule has 0 N–H and O–H groups in total. The Hall–Kier alpha value is -3.05. The van der Waals surface area contributed by atoms with Gasteiger partial charge in [-0.15, -0.1) is 0 Å². The first-order valence-electron chi connectivity index (χ1n) is 10.4.